The Morgan fingerprint density at radius 1 is 1.00 bits per heavy atom. The van der Waals surface area contributed by atoms with Crippen LogP contribution in [0, 0.1) is 21.4 Å². The lowest BCUT2D eigenvalue weighted by atomic mass is 10.1. The number of benzene rings is 2. The maximum Gasteiger partial charge on any atom is 0.270 e. The minimum atomic E-state index is -0.481. The highest BCUT2D eigenvalue weighted by Crippen LogP contribution is 2.30. The van der Waals surface area contributed by atoms with E-state index in [-0.39, 0.29) is 11.6 Å². The maximum absolute atomic E-state index is 13.4. The summed E-state index contributed by atoms with van der Waals surface area (Å²) in [6.45, 7) is 4.41. The predicted molar refractivity (Wildman–Crippen MR) is 120 cm³/mol. The van der Waals surface area contributed by atoms with Gasteiger partial charge in [-0.2, -0.15) is 5.26 Å². The van der Waals surface area contributed by atoms with E-state index in [1.807, 2.05) is 11.0 Å². The van der Waals surface area contributed by atoms with Gasteiger partial charge in [0.2, 0.25) is 0 Å². The van der Waals surface area contributed by atoms with Crippen LogP contribution in [-0.2, 0) is 4.74 Å². The van der Waals surface area contributed by atoms with Crippen molar-refractivity contribution in [3.8, 4) is 6.07 Å². The van der Waals surface area contributed by atoms with E-state index in [1.165, 1.54) is 12.1 Å². The molecule has 0 aliphatic carbocycles. The first-order valence-electron chi connectivity index (χ1n) is 10.3. The molecule has 4 rings (SSSR count). The predicted octanol–water partition coefficient (Wildman–Crippen LogP) is 2.92. The number of nitro benzene ring substituents is 1. The molecule has 0 unspecified atom stereocenters. The zero-order valence-corrected chi connectivity index (χ0v) is 18.1. The van der Waals surface area contributed by atoms with Gasteiger partial charge >= 0.3 is 0 Å². The van der Waals surface area contributed by atoms with Crippen LogP contribution >= 0.6 is 11.6 Å². The number of ether oxygens (including phenoxy) is 1. The molecule has 9 nitrogen and oxygen atoms in total. The molecule has 0 N–H and O–H groups in total. The molecule has 32 heavy (non-hydrogen) atoms. The third kappa shape index (κ3) is 4.47. The molecule has 0 atom stereocenters. The summed E-state index contributed by atoms with van der Waals surface area (Å²) in [5.74, 6) is -0.222. The van der Waals surface area contributed by atoms with Crippen molar-refractivity contribution >= 4 is 34.6 Å². The summed E-state index contributed by atoms with van der Waals surface area (Å²) in [7, 11) is 0. The van der Waals surface area contributed by atoms with E-state index < -0.39 is 4.92 Å². The van der Waals surface area contributed by atoms with E-state index in [2.05, 4.69) is 11.0 Å². The first-order chi connectivity index (χ1) is 15.5. The zero-order valence-electron chi connectivity index (χ0n) is 17.4. The summed E-state index contributed by atoms with van der Waals surface area (Å²) >= 11 is 6.34. The molecule has 166 valence electrons. The van der Waals surface area contributed by atoms with Crippen LogP contribution in [0.5, 0.6) is 0 Å². The van der Waals surface area contributed by atoms with Crippen LogP contribution in [0.15, 0.2) is 36.4 Å². The largest absolute Gasteiger partial charge is 0.378 e. The van der Waals surface area contributed by atoms with Crippen molar-refractivity contribution in [1.29, 1.82) is 5.26 Å². The Hall–Kier alpha value is -3.35. The van der Waals surface area contributed by atoms with E-state index in [0.717, 1.165) is 5.69 Å². The van der Waals surface area contributed by atoms with Crippen LogP contribution in [0.2, 0.25) is 5.02 Å². The van der Waals surface area contributed by atoms with Gasteiger partial charge in [-0.1, -0.05) is 11.6 Å². The molecule has 2 heterocycles. The van der Waals surface area contributed by atoms with Gasteiger partial charge in [-0.05, 0) is 24.3 Å². The number of carbonyl (C=O) groups is 1. The maximum atomic E-state index is 13.4. The standard InChI is InChI=1S/C22H22ClN5O4/c23-19-13-16(15-24)1-3-21(19)25-5-7-27(8-6-25)22(29)18-14-17(28(30)31)2-4-20(18)26-9-11-32-12-10-26/h1-4,13-14H,5-12H2. The molecule has 0 spiro atoms. The molecule has 0 bridgehead atoms. The van der Waals surface area contributed by atoms with Crippen molar-refractivity contribution in [1.82, 2.24) is 4.90 Å². The first kappa shape index (κ1) is 21.9. The molecular formula is C22H22ClN5O4. The lowest BCUT2D eigenvalue weighted by Crippen LogP contribution is -2.49. The fraction of sp³-hybridized carbons (Fsp3) is 0.364. The number of nitro groups is 1. The van der Waals surface area contributed by atoms with E-state index in [1.54, 1.807) is 23.1 Å². The number of hydrogen-bond donors (Lipinski definition) is 0. The van der Waals surface area contributed by atoms with Crippen LogP contribution < -0.4 is 9.80 Å². The van der Waals surface area contributed by atoms with Crippen molar-refractivity contribution < 1.29 is 14.5 Å². The van der Waals surface area contributed by atoms with E-state index >= 15 is 0 Å². The van der Waals surface area contributed by atoms with E-state index in [4.69, 9.17) is 21.6 Å². The number of nitrogens with zero attached hydrogens (tertiary/aromatic N) is 5. The third-order valence-electron chi connectivity index (χ3n) is 5.76. The number of amides is 1. The highest BCUT2D eigenvalue weighted by Gasteiger charge is 2.28. The molecule has 0 aromatic heterocycles. The van der Waals surface area contributed by atoms with Crippen molar-refractivity contribution in [2.24, 2.45) is 0 Å². The summed E-state index contributed by atoms with van der Waals surface area (Å²) < 4.78 is 5.40. The van der Waals surface area contributed by atoms with Crippen LogP contribution in [0.25, 0.3) is 0 Å². The molecule has 2 saturated heterocycles. The van der Waals surface area contributed by atoms with Gasteiger partial charge in [0.05, 0.1) is 51.7 Å². The van der Waals surface area contributed by atoms with Gasteiger partial charge in [-0.15, -0.1) is 0 Å². The van der Waals surface area contributed by atoms with Gasteiger partial charge in [-0.3, -0.25) is 14.9 Å². The normalized spacial score (nSPS) is 16.6. The molecule has 2 aliphatic rings. The minimum absolute atomic E-state index is 0.103. The third-order valence-corrected chi connectivity index (χ3v) is 6.06. The van der Waals surface area contributed by atoms with Gasteiger partial charge < -0.3 is 19.4 Å². The molecule has 2 aromatic carbocycles. The quantitative estimate of drug-likeness (QED) is 0.515. The molecule has 0 saturated carbocycles. The second-order valence-electron chi connectivity index (χ2n) is 7.62. The highest BCUT2D eigenvalue weighted by molar-refractivity contribution is 6.33. The summed E-state index contributed by atoms with van der Waals surface area (Å²) in [4.78, 5) is 30.1. The highest BCUT2D eigenvalue weighted by atomic mass is 35.5. The number of carbonyl (C=O) groups excluding carboxylic acids is 1. The monoisotopic (exact) mass is 455 g/mol. The zero-order chi connectivity index (χ0) is 22.7. The van der Waals surface area contributed by atoms with Crippen molar-refractivity contribution in [3.63, 3.8) is 0 Å². The number of halogens is 1. The summed E-state index contributed by atoms with van der Waals surface area (Å²) in [5.41, 5.74) is 2.25. The number of anilines is 2. The fourth-order valence-electron chi connectivity index (χ4n) is 4.04. The van der Waals surface area contributed by atoms with Crippen LogP contribution in [0.4, 0.5) is 17.1 Å². The van der Waals surface area contributed by atoms with Gasteiger partial charge in [-0.25, -0.2) is 0 Å². The summed E-state index contributed by atoms with van der Waals surface area (Å²) in [5, 5.41) is 20.8. The van der Waals surface area contributed by atoms with Gasteiger partial charge in [0.25, 0.3) is 11.6 Å². The number of piperazine rings is 1. The Balaban J connectivity index is 1.53. The van der Waals surface area contributed by atoms with Gasteiger partial charge in [0, 0.05) is 51.4 Å². The molecular weight excluding hydrogens is 434 g/mol. The smallest absolute Gasteiger partial charge is 0.270 e. The average Bonchev–Trinajstić information content (AvgIpc) is 2.83. The fourth-order valence-corrected chi connectivity index (χ4v) is 4.34. The van der Waals surface area contributed by atoms with Crippen LogP contribution in [0.3, 0.4) is 0 Å². The summed E-state index contributed by atoms with van der Waals surface area (Å²) in [6.07, 6.45) is 0. The number of morpholine rings is 1. The van der Waals surface area contributed by atoms with Gasteiger partial charge in [0.1, 0.15) is 0 Å². The number of hydrogen-bond acceptors (Lipinski definition) is 7. The Morgan fingerprint density at radius 3 is 2.28 bits per heavy atom. The first-order valence-corrected chi connectivity index (χ1v) is 10.7. The number of rotatable bonds is 4. The Bertz CT molecular complexity index is 1070. The molecule has 1 amide bonds. The SMILES string of the molecule is N#Cc1ccc(N2CCN(C(=O)c3cc([N+](=O)[O-])ccc3N3CCOCC3)CC2)c(Cl)c1. The lowest BCUT2D eigenvalue weighted by molar-refractivity contribution is -0.384. The van der Waals surface area contributed by atoms with Crippen molar-refractivity contribution in [2.45, 2.75) is 0 Å². The van der Waals surface area contributed by atoms with Crippen LogP contribution in [0.1, 0.15) is 15.9 Å². The Morgan fingerprint density at radius 2 is 1.66 bits per heavy atom. The molecule has 2 aromatic rings. The summed E-state index contributed by atoms with van der Waals surface area (Å²) in [6, 6.07) is 11.7. The molecule has 2 aliphatic heterocycles. The molecule has 0 radical (unpaired) electrons. The topological polar surface area (TPSA) is 103 Å². The van der Waals surface area contributed by atoms with E-state index in [0.29, 0.717) is 74.3 Å². The lowest BCUT2D eigenvalue weighted by Gasteiger charge is -2.37. The van der Waals surface area contributed by atoms with Crippen molar-refractivity contribution in [2.75, 3.05) is 62.3 Å². The van der Waals surface area contributed by atoms with Crippen molar-refractivity contribution in [3.05, 3.63) is 62.7 Å². The van der Waals surface area contributed by atoms with Crippen LogP contribution in [-0.4, -0.2) is 68.2 Å². The minimum Gasteiger partial charge on any atom is -0.378 e. The number of non-ortho nitro benzene ring substituents is 1. The number of nitriles is 1. The Labute approximate surface area is 190 Å². The Kier molecular flexibility index (Phi) is 6.44. The molecule has 10 heteroatoms. The second-order valence-corrected chi connectivity index (χ2v) is 8.02. The van der Waals surface area contributed by atoms with E-state index in [9.17, 15) is 14.9 Å². The molecule has 2 fully saturated rings. The van der Waals surface area contributed by atoms with Gasteiger partial charge in [0.15, 0.2) is 0 Å². The second kappa shape index (κ2) is 9.42. The average molecular weight is 456 g/mol.